The van der Waals surface area contributed by atoms with Gasteiger partial charge >= 0.3 is 5.69 Å². The van der Waals surface area contributed by atoms with Gasteiger partial charge in [0.25, 0.3) is 0 Å². The van der Waals surface area contributed by atoms with Gasteiger partial charge < -0.3 is 9.64 Å². The molecule has 1 aromatic carbocycles. The maximum Gasteiger partial charge on any atom is 0.311 e. The Balaban J connectivity index is 2.11. The first-order valence-electron chi connectivity index (χ1n) is 6.32. The van der Waals surface area contributed by atoms with Crippen LogP contribution >= 0.6 is 0 Å². The monoisotopic (exact) mass is 276 g/mol. The zero-order valence-electron chi connectivity index (χ0n) is 11.3. The molecule has 20 heavy (non-hydrogen) atoms. The number of piperazine rings is 1. The van der Waals surface area contributed by atoms with Gasteiger partial charge in [-0.1, -0.05) is 0 Å². The van der Waals surface area contributed by atoms with Crippen LogP contribution in [0.25, 0.3) is 0 Å². The molecule has 0 aromatic heterocycles. The summed E-state index contributed by atoms with van der Waals surface area (Å²) < 4.78 is 5.08. The van der Waals surface area contributed by atoms with Crippen LogP contribution in [0.3, 0.4) is 0 Å². The summed E-state index contributed by atoms with van der Waals surface area (Å²) in [5.41, 5.74) is 0.878. The van der Waals surface area contributed by atoms with Crippen LogP contribution in [0.15, 0.2) is 18.2 Å². The maximum atomic E-state index is 10.9. The van der Waals surface area contributed by atoms with Crippen LogP contribution in [0, 0.1) is 21.4 Å². The van der Waals surface area contributed by atoms with Gasteiger partial charge in [-0.15, -0.1) is 0 Å². The van der Waals surface area contributed by atoms with Crippen molar-refractivity contribution in [1.29, 1.82) is 5.26 Å². The standard InChI is InChI=1S/C13H16N4O3/c1-20-13-10-11(2-3-12(13)17(18)19)16-8-6-15(5-4-14)7-9-16/h2-3,10H,5-9H2,1H3. The van der Waals surface area contributed by atoms with Crippen molar-refractivity contribution >= 4 is 11.4 Å². The summed E-state index contributed by atoms with van der Waals surface area (Å²) in [5, 5.41) is 19.5. The molecule has 1 aliphatic heterocycles. The minimum absolute atomic E-state index is 0.0284. The van der Waals surface area contributed by atoms with E-state index < -0.39 is 4.92 Å². The smallest absolute Gasteiger partial charge is 0.311 e. The molecule has 1 aliphatic rings. The van der Waals surface area contributed by atoms with Gasteiger partial charge in [-0.25, -0.2) is 0 Å². The van der Waals surface area contributed by atoms with Gasteiger partial charge in [-0.3, -0.25) is 15.0 Å². The van der Waals surface area contributed by atoms with E-state index in [0.29, 0.717) is 6.54 Å². The van der Waals surface area contributed by atoms with E-state index in [2.05, 4.69) is 15.9 Å². The van der Waals surface area contributed by atoms with E-state index in [4.69, 9.17) is 10.00 Å². The van der Waals surface area contributed by atoms with Crippen LogP contribution in [0.5, 0.6) is 5.75 Å². The van der Waals surface area contributed by atoms with Gasteiger partial charge in [0.1, 0.15) is 0 Å². The molecule has 0 atom stereocenters. The highest BCUT2D eigenvalue weighted by Crippen LogP contribution is 2.31. The van der Waals surface area contributed by atoms with Crippen LogP contribution in [-0.4, -0.2) is 49.7 Å². The number of nitro benzene ring substituents is 1. The second-order valence-electron chi connectivity index (χ2n) is 4.53. The largest absolute Gasteiger partial charge is 0.490 e. The van der Waals surface area contributed by atoms with Gasteiger partial charge in [0, 0.05) is 44.0 Å². The number of ether oxygens (including phenoxy) is 1. The average molecular weight is 276 g/mol. The molecule has 0 unspecified atom stereocenters. The van der Waals surface area contributed by atoms with E-state index >= 15 is 0 Å². The number of hydrogen-bond donors (Lipinski definition) is 0. The van der Waals surface area contributed by atoms with Gasteiger partial charge in [-0.05, 0) is 6.07 Å². The molecule has 0 N–H and O–H groups in total. The Morgan fingerprint density at radius 2 is 2.10 bits per heavy atom. The zero-order chi connectivity index (χ0) is 14.5. The third kappa shape index (κ3) is 2.97. The van der Waals surface area contributed by atoms with Crippen molar-refractivity contribution in [2.75, 3.05) is 44.7 Å². The number of methoxy groups -OCH3 is 1. The van der Waals surface area contributed by atoms with Crippen molar-refractivity contribution in [2.24, 2.45) is 0 Å². The highest BCUT2D eigenvalue weighted by Gasteiger charge is 2.20. The van der Waals surface area contributed by atoms with Crippen LogP contribution in [0.2, 0.25) is 0 Å². The summed E-state index contributed by atoms with van der Waals surface area (Å²) in [4.78, 5) is 14.6. The second kappa shape index (κ2) is 6.21. The molecule has 106 valence electrons. The van der Waals surface area contributed by atoms with E-state index in [-0.39, 0.29) is 11.4 Å². The van der Waals surface area contributed by atoms with E-state index in [9.17, 15) is 10.1 Å². The lowest BCUT2D eigenvalue weighted by Crippen LogP contribution is -2.46. The summed E-state index contributed by atoms with van der Waals surface area (Å²) in [5.74, 6) is 0.270. The molecule has 0 bridgehead atoms. The maximum absolute atomic E-state index is 10.9. The molecule has 1 saturated heterocycles. The van der Waals surface area contributed by atoms with Gasteiger partial charge in [0.05, 0.1) is 24.6 Å². The molecule has 0 amide bonds. The number of nitriles is 1. The van der Waals surface area contributed by atoms with Gasteiger partial charge in [0.2, 0.25) is 0 Å². The second-order valence-corrected chi connectivity index (χ2v) is 4.53. The van der Waals surface area contributed by atoms with Gasteiger partial charge in [0.15, 0.2) is 5.75 Å². The lowest BCUT2D eigenvalue weighted by Gasteiger charge is -2.34. The lowest BCUT2D eigenvalue weighted by atomic mass is 10.2. The molecular weight excluding hydrogens is 260 g/mol. The Morgan fingerprint density at radius 1 is 1.40 bits per heavy atom. The fourth-order valence-electron chi connectivity index (χ4n) is 2.28. The Kier molecular flexibility index (Phi) is 4.38. The summed E-state index contributed by atoms with van der Waals surface area (Å²) >= 11 is 0. The normalized spacial score (nSPS) is 15.7. The van der Waals surface area contributed by atoms with Crippen molar-refractivity contribution in [1.82, 2.24) is 4.90 Å². The van der Waals surface area contributed by atoms with Crippen LogP contribution in [0.1, 0.15) is 0 Å². The SMILES string of the molecule is COc1cc(N2CCN(CC#N)CC2)ccc1[N+](=O)[O-]. The van der Waals surface area contributed by atoms with Crippen LogP contribution < -0.4 is 9.64 Å². The molecule has 7 nitrogen and oxygen atoms in total. The zero-order valence-corrected chi connectivity index (χ0v) is 11.3. The molecule has 1 aromatic rings. The van der Waals surface area contributed by atoms with E-state index in [1.54, 1.807) is 12.1 Å². The summed E-state index contributed by atoms with van der Waals surface area (Å²) in [6.45, 7) is 3.66. The first-order valence-corrected chi connectivity index (χ1v) is 6.32. The first-order chi connectivity index (χ1) is 9.65. The number of benzene rings is 1. The molecule has 0 radical (unpaired) electrons. The van der Waals surface area contributed by atoms with E-state index in [0.717, 1.165) is 31.9 Å². The molecule has 0 spiro atoms. The van der Waals surface area contributed by atoms with Crippen LogP contribution in [-0.2, 0) is 0 Å². The van der Waals surface area contributed by atoms with Crippen LogP contribution in [0.4, 0.5) is 11.4 Å². The Hall–Kier alpha value is -2.33. The Labute approximate surface area is 117 Å². The number of nitrogens with zero attached hydrogens (tertiary/aromatic N) is 4. The number of nitro groups is 1. The Morgan fingerprint density at radius 3 is 2.65 bits per heavy atom. The molecule has 1 heterocycles. The van der Waals surface area contributed by atoms with Crippen molar-refractivity contribution in [2.45, 2.75) is 0 Å². The summed E-state index contributed by atoms with van der Waals surface area (Å²) in [7, 11) is 1.43. The summed E-state index contributed by atoms with van der Waals surface area (Å²) in [6.07, 6.45) is 0. The molecule has 2 rings (SSSR count). The van der Waals surface area contributed by atoms with Gasteiger partial charge in [-0.2, -0.15) is 5.26 Å². The van der Waals surface area contributed by atoms with Crippen molar-refractivity contribution in [3.63, 3.8) is 0 Å². The van der Waals surface area contributed by atoms with Crippen molar-refractivity contribution < 1.29 is 9.66 Å². The highest BCUT2D eigenvalue weighted by atomic mass is 16.6. The fourth-order valence-corrected chi connectivity index (χ4v) is 2.28. The third-order valence-corrected chi connectivity index (χ3v) is 3.39. The molecule has 1 fully saturated rings. The highest BCUT2D eigenvalue weighted by molar-refractivity contribution is 5.59. The predicted molar refractivity (Wildman–Crippen MR) is 73.9 cm³/mol. The van der Waals surface area contributed by atoms with E-state index in [1.807, 2.05) is 0 Å². The molecule has 0 aliphatic carbocycles. The average Bonchev–Trinajstić information content (AvgIpc) is 2.47. The first kappa shape index (κ1) is 14.1. The minimum Gasteiger partial charge on any atom is -0.490 e. The molecule has 0 saturated carbocycles. The third-order valence-electron chi connectivity index (χ3n) is 3.39. The number of anilines is 1. The quantitative estimate of drug-likeness (QED) is 0.467. The topological polar surface area (TPSA) is 82.6 Å². The lowest BCUT2D eigenvalue weighted by molar-refractivity contribution is -0.385. The van der Waals surface area contributed by atoms with Crippen molar-refractivity contribution in [3.05, 3.63) is 28.3 Å². The fraction of sp³-hybridized carbons (Fsp3) is 0.462. The number of hydrogen-bond acceptors (Lipinski definition) is 6. The summed E-state index contributed by atoms with van der Waals surface area (Å²) in [6, 6.07) is 7.04. The Bertz CT molecular complexity index is 533. The number of rotatable bonds is 4. The predicted octanol–water partition coefficient (Wildman–Crippen LogP) is 1.25. The van der Waals surface area contributed by atoms with E-state index in [1.165, 1.54) is 13.2 Å². The molecular formula is C13H16N4O3. The molecule has 7 heteroatoms. The minimum atomic E-state index is -0.451. The van der Waals surface area contributed by atoms with Crippen molar-refractivity contribution in [3.8, 4) is 11.8 Å².